The molecule has 0 spiro atoms. The average Bonchev–Trinajstić information content (AvgIpc) is 2.59. The Morgan fingerprint density at radius 3 is 2.40 bits per heavy atom. The highest BCUT2D eigenvalue weighted by molar-refractivity contribution is 7.89. The monoisotopic (exact) mass is 362 g/mol. The lowest BCUT2D eigenvalue weighted by Gasteiger charge is -2.08. The van der Waals surface area contributed by atoms with Crippen LogP contribution in [0, 0.1) is 0 Å². The van der Waals surface area contributed by atoms with Crippen molar-refractivity contribution in [1.82, 2.24) is 0 Å². The van der Waals surface area contributed by atoms with E-state index >= 15 is 0 Å². The molecule has 0 aliphatic heterocycles. The van der Waals surface area contributed by atoms with E-state index in [0.29, 0.717) is 5.56 Å². The number of carbonyl (C=O) groups is 2. The molecular weight excluding hydrogens is 344 g/mol. The maximum atomic E-state index is 11.9. The molecule has 0 saturated heterocycles. The van der Waals surface area contributed by atoms with Gasteiger partial charge in [0.05, 0.1) is 10.5 Å². The molecule has 0 unspecified atom stereocenters. The first-order chi connectivity index (χ1) is 11.8. The van der Waals surface area contributed by atoms with Crippen LogP contribution in [0.15, 0.2) is 53.4 Å². The zero-order chi connectivity index (χ0) is 18.4. The van der Waals surface area contributed by atoms with Crippen molar-refractivity contribution < 1.29 is 22.7 Å². The van der Waals surface area contributed by atoms with Gasteiger partial charge in [0.2, 0.25) is 10.0 Å². The van der Waals surface area contributed by atoms with Gasteiger partial charge in [0.1, 0.15) is 0 Å². The highest BCUT2D eigenvalue weighted by Gasteiger charge is 2.12. The number of anilines is 1. The topological polar surface area (TPSA) is 116 Å². The Morgan fingerprint density at radius 2 is 1.80 bits per heavy atom. The van der Waals surface area contributed by atoms with Crippen molar-refractivity contribution in [2.24, 2.45) is 5.14 Å². The van der Waals surface area contributed by atoms with Gasteiger partial charge in [-0.25, -0.2) is 18.4 Å². The summed E-state index contributed by atoms with van der Waals surface area (Å²) < 4.78 is 27.5. The fourth-order valence-corrected chi connectivity index (χ4v) is 2.60. The van der Waals surface area contributed by atoms with Gasteiger partial charge in [0, 0.05) is 5.69 Å². The number of benzene rings is 2. The van der Waals surface area contributed by atoms with E-state index in [1.165, 1.54) is 24.3 Å². The molecule has 2 rings (SSSR count). The third kappa shape index (κ3) is 5.40. The minimum absolute atomic E-state index is 0.127. The molecular formula is C17H18N2O5S. The van der Waals surface area contributed by atoms with E-state index < -0.39 is 28.5 Å². The predicted molar refractivity (Wildman–Crippen MR) is 92.5 cm³/mol. The number of ether oxygens (including phenoxy) is 1. The van der Waals surface area contributed by atoms with E-state index in [1.54, 1.807) is 12.1 Å². The summed E-state index contributed by atoms with van der Waals surface area (Å²) in [6.07, 6.45) is 0.856. The molecule has 2 aromatic carbocycles. The van der Waals surface area contributed by atoms with Gasteiger partial charge in [-0.05, 0) is 42.3 Å². The number of primary sulfonamides is 1. The van der Waals surface area contributed by atoms with Gasteiger partial charge in [-0.1, -0.05) is 25.1 Å². The smallest absolute Gasteiger partial charge is 0.338 e. The lowest BCUT2D eigenvalue weighted by molar-refractivity contribution is -0.119. The second kappa shape index (κ2) is 7.91. The minimum atomic E-state index is -3.87. The van der Waals surface area contributed by atoms with Crippen molar-refractivity contribution >= 4 is 27.6 Å². The summed E-state index contributed by atoms with van der Waals surface area (Å²) in [5, 5.41) is 7.47. The summed E-state index contributed by atoms with van der Waals surface area (Å²) in [7, 11) is -3.87. The minimum Gasteiger partial charge on any atom is -0.452 e. The summed E-state index contributed by atoms with van der Waals surface area (Å²) >= 11 is 0. The third-order valence-electron chi connectivity index (χ3n) is 3.38. The lowest BCUT2D eigenvalue weighted by atomic mass is 10.1. The number of nitrogens with two attached hydrogens (primary N) is 1. The first-order valence-corrected chi connectivity index (χ1v) is 9.03. The Labute approximate surface area is 145 Å². The molecule has 0 bridgehead atoms. The van der Waals surface area contributed by atoms with Crippen LogP contribution in [0.4, 0.5) is 5.69 Å². The molecule has 0 aliphatic carbocycles. The van der Waals surface area contributed by atoms with Gasteiger partial charge in [-0.15, -0.1) is 0 Å². The van der Waals surface area contributed by atoms with E-state index in [-0.39, 0.29) is 10.6 Å². The van der Waals surface area contributed by atoms with E-state index in [9.17, 15) is 18.0 Å². The van der Waals surface area contributed by atoms with E-state index in [4.69, 9.17) is 9.88 Å². The molecule has 0 aromatic heterocycles. The van der Waals surface area contributed by atoms with Gasteiger partial charge in [-0.3, -0.25) is 4.79 Å². The first-order valence-electron chi connectivity index (χ1n) is 7.48. The molecule has 0 atom stereocenters. The molecule has 0 aliphatic rings. The van der Waals surface area contributed by atoms with Crippen LogP contribution in [0.5, 0.6) is 0 Å². The predicted octanol–water partition coefficient (Wildman–Crippen LogP) is 1.69. The number of hydrogen-bond acceptors (Lipinski definition) is 5. The van der Waals surface area contributed by atoms with Crippen LogP contribution in [0.1, 0.15) is 22.8 Å². The highest BCUT2D eigenvalue weighted by atomic mass is 32.2. The molecule has 0 radical (unpaired) electrons. The number of esters is 1. The SMILES string of the molecule is CCc1ccc(C(=O)OCC(=O)Nc2cccc(S(N)(=O)=O)c2)cc1. The quantitative estimate of drug-likeness (QED) is 0.759. The number of amides is 1. The number of rotatable bonds is 6. The van der Waals surface area contributed by atoms with E-state index in [0.717, 1.165) is 12.0 Å². The van der Waals surface area contributed by atoms with Crippen molar-refractivity contribution in [3.05, 3.63) is 59.7 Å². The van der Waals surface area contributed by atoms with E-state index in [1.807, 2.05) is 19.1 Å². The number of hydrogen-bond donors (Lipinski definition) is 2. The molecule has 7 nitrogen and oxygen atoms in total. The highest BCUT2D eigenvalue weighted by Crippen LogP contribution is 2.14. The van der Waals surface area contributed by atoms with Gasteiger partial charge in [0.25, 0.3) is 5.91 Å². The van der Waals surface area contributed by atoms with Crippen molar-refractivity contribution in [3.8, 4) is 0 Å². The molecule has 8 heteroatoms. The van der Waals surface area contributed by atoms with Crippen LogP contribution in [0.25, 0.3) is 0 Å². The second-order valence-corrected chi connectivity index (χ2v) is 6.81. The Balaban J connectivity index is 1.93. The maximum Gasteiger partial charge on any atom is 0.338 e. The summed E-state index contributed by atoms with van der Waals surface area (Å²) in [4.78, 5) is 23.6. The normalized spacial score (nSPS) is 11.0. The van der Waals surface area contributed by atoms with Crippen molar-refractivity contribution in [2.45, 2.75) is 18.2 Å². The summed E-state index contributed by atoms with van der Waals surface area (Å²) in [6.45, 7) is 1.51. The summed E-state index contributed by atoms with van der Waals surface area (Å²) in [6, 6.07) is 12.4. The summed E-state index contributed by atoms with van der Waals surface area (Å²) in [5.74, 6) is -1.21. The Hall–Kier alpha value is -2.71. The number of nitrogens with one attached hydrogen (secondary N) is 1. The molecule has 25 heavy (non-hydrogen) atoms. The van der Waals surface area contributed by atoms with Crippen molar-refractivity contribution in [1.29, 1.82) is 0 Å². The average molecular weight is 362 g/mol. The maximum absolute atomic E-state index is 11.9. The van der Waals surface area contributed by atoms with Gasteiger partial charge >= 0.3 is 5.97 Å². The van der Waals surface area contributed by atoms with E-state index in [2.05, 4.69) is 5.32 Å². The number of carbonyl (C=O) groups excluding carboxylic acids is 2. The second-order valence-electron chi connectivity index (χ2n) is 5.25. The molecule has 1 amide bonds. The number of sulfonamides is 1. The van der Waals surface area contributed by atoms with Crippen LogP contribution < -0.4 is 10.5 Å². The van der Waals surface area contributed by atoms with Gasteiger partial charge < -0.3 is 10.1 Å². The van der Waals surface area contributed by atoms with Crippen LogP contribution in [0.3, 0.4) is 0 Å². The zero-order valence-corrected chi connectivity index (χ0v) is 14.4. The molecule has 0 fully saturated rings. The fraction of sp³-hybridized carbons (Fsp3) is 0.176. The van der Waals surface area contributed by atoms with Crippen LogP contribution in [0.2, 0.25) is 0 Å². The van der Waals surface area contributed by atoms with Gasteiger partial charge in [-0.2, -0.15) is 0 Å². The molecule has 132 valence electrons. The Bertz CT molecular complexity index is 876. The zero-order valence-electron chi connectivity index (χ0n) is 13.6. The molecule has 2 aromatic rings. The van der Waals surface area contributed by atoms with Crippen molar-refractivity contribution in [3.63, 3.8) is 0 Å². The number of aryl methyl sites for hydroxylation is 1. The van der Waals surface area contributed by atoms with Crippen LogP contribution >= 0.6 is 0 Å². The summed E-state index contributed by atoms with van der Waals surface area (Å²) in [5.41, 5.74) is 1.67. The molecule has 0 saturated carbocycles. The van der Waals surface area contributed by atoms with Crippen LogP contribution in [-0.2, 0) is 26.0 Å². The van der Waals surface area contributed by atoms with Gasteiger partial charge in [0.15, 0.2) is 6.61 Å². The molecule has 3 N–H and O–H groups in total. The third-order valence-corrected chi connectivity index (χ3v) is 4.29. The largest absolute Gasteiger partial charge is 0.452 e. The van der Waals surface area contributed by atoms with Crippen molar-refractivity contribution in [2.75, 3.05) is 11.9 Å². The van der Waals surface area contributed by atoms with Crippen LogP contribution in [-0.4, -0.2) is 26.9 Å². The standard InChI is InChI=1S/C17H18N2O5S/c1-2-12-6-8-13(9-7-12)17(21)24-11-16(20)19-14-4-3-5-15(10-14)25(18,22)23/h3-10H,2,11H2,1H3,(H,19,20)(H2,18,22,23). The first kappa shape index (κ1) is 18.6. The molecule has 0 heterocycles. The lowest BCUT2D eigenvalue weighted by Crippen LogP contribution is -2.21. The fourth-order valence-electron chi connectivity index (χ4n) is 2.04. The Morgan fingerprint density at radius 1 is 1.12 bits per heavy atom. The Kier molecular flexibility index (Phi) is 5.89.